The minimum Gasteiger partial charge on any atom is -0.326 e. The van der Waals surface area contributed by atoms with Crippen molar-refractivity contribution < 1.29 is 0 Å². The van der Waals surface area contributed by atoms with Crippen LogP contribution >= 0.6 is 11.3 Å². The van der Waals surface area contributed by atoms with Crippen molar-refractivity contribution in [2.24, 2.45) is 0 Å². The van der Waals surface area contributed by atoms with E-state index in [0.717, 1.165) is 31.0 Å². The van der Waals surface area contributed by atoms with Crippen LogP contribution in [0.2, 0.25) is 0 Å². The molecule has 0 saturated heterocycles. The molecule has 0 unspecified atom stereocenters. The lowest BCUT2D eigenvalue weighted by atomic mass is 10.1. The van der Waals surface area contributed by atoms with Crippen LogP contribution in [0.1, 0.15) is 19.8 Å². The van der Waals surface area contributed by atoms with Crippen LogP contribution in [0, 0.1) is 0 Å². The average Bonchev–Trinajstić information content (AvgIpc) is 3.75. The molecule has 0 fully saturated rings. The Morgan fingerprint density at radius 3 is 1.88 bits per heavy atom. The first-order chi connectivity index (χ1) is 20.8. The lowest BCUT2D eigenvalue weighted by Crippen LogP contribution is -2.06. The number of hydrogen-bond donors (Lipinski definition) is 0. The van der Waals surface area contributed by atoms with Crippen LogP contribution in [-0.2, 0) is 6.54 Å². The SMILES string of the molecule is CCCCn1c2ccccc2c2c3ccccc3n(-c3cccc(-n4c5ccccc5c5c6ccccc6sc54)n3)c21. The predicted octanol–water partition coefficient (Wildman–Crippen LogP) is 10.2. The monoisotopic (exact) mass is 560 g/mol. The Hall–Kier alpha value is -4.87. The lowest BCUT2D eigenvalue weighted by Gasteiger charge is -2.13. The number of hydrogen-bond acceptors (Lipinski definition) is 2. The van der Waals surface area contributed by atoms with E-state index in [1.807, 2.05) is 11.3 Å². The van der Waals surface area contributed by atoms with E-state index in [4.69, 9.17) is 4.98 Å². The Kier molecular flexibility index (Phi) is 5.14. The summed E-state index contributed by atoms with van der Waals surface area (Å²) in [4.78, 5) is 6.68. The number of nitrogens with zero attached hydrogens (tertiary/aromatic N) is 4. The third kappa shape index (κ3) is 3.20. The van der Waals surface area contributed by atoms with Gasteiger partial charge in [0.15, 0.2) is 0 Å². The van der Waals surface area contributed by atoms with Crippen molar-refractivity contribution in [2.75, 3.05) is 0 Å². The second-order valence-corrected chi connectivity index (χ2v) is 12.1. The number of aromatic nitrogens is 4. The van der Waals surface area contributed by atoms with Gasteiger partial charge in [0.05, 0.1) is 16.6 Å². The summed E-state index contributed by atoms with van der Waals surface area (Å²) >= 11 is 1.84. The van der Waals surface area contributed by atoms with Crippen LogP contribution in [0.25, 0.3) is 75.7 Å². The molecule has 0 amide bonds. The van der Waals surface area contributed by atoms with Crippen LogP contribution in [0.4, 0.5) is 0 Å². The summed E-state index contributed by atoms with van der Waals surface area (Å²) in [5.41, 5.74) is 4.89. The standard InChI is InChI=1S/C37H28N4S/c1-2-3-23-39-28-17-8-4-13-24(28)34-25-14-5-9-18-29(25)40(36(34)39)32-21-12-22-33(38-32)41-30-19-10-6-15-26(30)35-27-16-7-11-20-31(27)42-37(35)41/h4-22H,2-3,23H2,1H3. The van der Waals surface area contributed by atoms with Gasteiger partial charge in [-0.15, -0.1) is 11.3 Å². The van der Waals surface area contributed by atoms with Crippen molar-refractivity contribution in [1.82, 2.24) is 18.7 Å². The second-order valence-electron chi connectivity index (χ2n) is 11.1. The molecule has 9 aromatic rings. The smallest absolute Gasteiger partial charge is 0.141 e. The van der Waals surface area contributed by atoms with Crippen molar-refractivity contribution >= 4 is 75.4 Å². The van der Waals surface area contributed by atoms with Crippen LogP contribution in [0.15, 0.2) is 115 Å². The molecule has 9 rings (SSSR count). The van der Waals surface area contributed by atoms with Gasteiger partial charge in [-0.1, -0.05) is 92.2 Å². The van der Waals surface area contributed by atoms with E-state index in [1.165, 1.54) is 64.0 Å². The van der Waals surface area contributed by atoms with E-state index in [1.54, 1.807) is 0 Å². The molecule has 0 saturated carbocycles. The van der Waals surface area contributed by atoms with Gasteiger partial charge in [-0.2, -0.15) is 0 Å². The number of para-hydroxylation sites is 3. The average molecular weight is 561 g/mol. The fourth-order valence-electron chi connectivity index (χ4n) is 6.88. The number of benzene rings is 4. The van der Waals surface area contributed by atoms with Crippen molar-refractivity contribution in [3.8, 4) is 11.6 Å². The molecule has 0 bridgehead atoms. The maximum Gasteiger partial charge on any atom is 0.141 e. The highest BCUT2D eigenvalue weighted by Gasteiger charge is 2.22. The maximum atomic E-state index is 5.44. The van der Waals surface area contributed by atoms with E-state index in [9.17, 15) is 0 Å². The predicted molar refractivity (Wildman–Crippen MR) is 179 cm³/mol. The zero-order chi connectivity index (χ0) is 27.8. The Bertz CT molecular complexity index is 2470. The summed E-state index contributed by atoms with van der Waals surface area (Å²) in [5, 5.41) is 7.77. The van der Waals surface area contributed by atoms with Crippen LogP contribution in [-0.4, -0.2) is 18.7 Å². The van der Waals surface area contributed by atoms with Crippen LogP contribution < -0.4 is 0 Å². The summed E-state index contributed by atoms with van der Waals surface area (Å²) in [5.74, 6) is 1.87. The molecule has 5 heterocycles. The highest BCUT2D eigenvalue weighted by Crippen LogP contribution is 2.43. The Labute approximate surface area is 246 Å². The van der Waals surface area contributed by atoms with E-state index < -0.39 is 0 Å². The quantitative estimate of drug-likeness (QED) is 0.206. The molecule has 0 N–H and O–H groups in total. The highest BCUT2D eigenvalue weighted by molar-refractivity contribution is 7.25. The van der Waals surface area contributed by atoms with E-state index in [2.05, 4.69) is 136 Å². The fraction of sp³-hybridized carbons (Fsp3) is 0.108. The second kappa shape index (κ2) is 9.07. The number of pyridine rings is 1. The largest absolute Gasteiger partial charge is 0.326 e. The minimum atomic E-state index is 0.936. The molecular formula is C37H28N4S. The Balaban J connectivity index is 1.37. The fourth-order valence-corrected chi connectivity index (χ4v) is 8.13. The van der Waals surface area contributed by atoms with Crippen molar-refractivity contribution in [3.63, 3.8) is 0 Å². The number of rotatable bonds is 5. The Morgan fingerprint density at radius 1 is 0.571 bits per heavy atom. The molecule has 0 aliphatic rings. The molecule has 0 aliphatic heterocycles. The van der Waals surface area contributed by atoms with E-state index in [-0.39, 0.29) is 0 Å². The summed E-state index contributed by atoms with van der Waals surface area (Å²) in [6, 6.07) is 41.6. The summed E-state index contributed by atoms with van der Waals surface area (Å²) < 4.78 is 8.56. The zero-order valence-corrected chi connectivity index (χ0v) is 24.1. The van der Waals surface area contributed by atoms with Gasteiger partial charge in [-0.3, -0.25) is 9.13 Å². The number of thiophene rings is 1. The molecule has 42 heavy (non-hydrogen) atoms. The Morgan fingerprint density at radius 2 is 1.14 bits per heavy atom. The maximum absolute atomic E-state index is 5.44. The van der Waals surface area contributed by atoms with Gasteiger partial charge in [-0.25, -0.2) is 4.98 Å². The van der Waals surface area contributed by atoms with Gasteiger partial charge >= 0.3 is 0 Å². The van der Waals surface area contributed by atoms with Gasteiger partial charge in [0.2, 0.25) is 0 Å². The number of fused-ring (bicyclic) bond motifs is 10. The topological polar surface area (TPSA) is 27.7 Å². The molecule has 4 nitrogen and oxygen atoms in total. The van der Waals surface area contributed by atoms with Crippen molar-refractivity contribution in [2.45, 2.75) is 26.3 Å². The van der Waals surface area contributed by atoms with E-state index in [0.29, 0.717) is 0 Å². The van der Waals surface area contributed by atoms with Gasteiger partial charge in [-0.05, 0) is 42.8 Å². The van der Waals surface area contributed by atoms with Crippen molar-refractivity contribution in [1.29, 1.82) is 0 Å². The van der Waals surface area contributed by atoms with Crippen LogP contribution in [0.3, 0.4) is 0 Å². The first kappa shape index (κ1) is 23.8. The normalized spacial score (nSPS) is 12.2. The first-order valence-electron chi connectivity index (χ1n) is 14.7. The molecule has 0 atom stereocenters. The molecule has 0 radical (unpaired) electrons. The summed E-state index contributed by atoms with van der Waals surface area (Å²) in [6.45, 7) is 3.24. The molecule has 202 valence electrons. The molecule has 5 heteroatoms. The van der Waals surface area contributed by atoms with Crippen molar-refractivity contribution in [3.05, 3.63) is 115 Å². The number of unbranched alkanes of at least 4 members (excludes halogenated alkanes) is 1. The molecular weight excluding hydrogens is 533 g/mol. The third-order valence-electron chi connectivity index (χ3n) is 8.68. The van der Waals surface area contributed by atoms with Crippen LogP contribution in [0.5, 0.6) is 0 Å². The van der Waals surface area contributed by atoms with Gasteiger partial charge < -0.3 is 4.57 Å². The van der Waals surface area contributed by atoms with Gasteiger partial charge in [0.25, 0.3) is 0 Å². The van der Waals surface area contributed by atoms with E-state index >= 15 is 0 Å². The first-order valence-corrected chi connectivity index (χ1v) is 15.5. The molecule has 0 spiro atoms. The van der Waals surface area contributed by atoms with Gasteiger partial charge in [0, 0.05) is 43.6 Å². The summed E-state index contributed by atoms with van der Waals surface area (Å²) in [6.07, 6.45) is 2.27. The third-order valence-corrected chi connectivity index (χ3v) is 9.83. The zero-order valence-electron chi connectivity index (χ0n) is 23.3. The minimum absolute atomic E-state index is 0.936. The molecule has 4 aromatic carbocycles. The molecule has 0 aliphatic carbocycles. The lowest BCUT2D eigenvalue weighted by molar-refractivity contribution is 0.658. The number of aryl methyl sites for hydroxylation is 1. The molecule has 5 aromatic heterocycles. The summed E-state index contributed by atoms with van der Waals surface area (Å²) in [7, 11) is 0. The highest BCUT2D eigenvalue weighted by atomic mass is 32.1. The van der Waals surface area contributed by atoms with Gasteiger partial charge in [0.1, 0.15) is 22.1 Å².